The lowest BCUT2D eigenvalue weighted by molar-refractivity contribution is 0.0240. The van der Waals surface area contributed by atoms with Crippen molar-refractivity contribution in [2.45, 2.75) is 89.2 Å². The summed E-state index contributed by atoms with van der Waals surface area (Å²) in [5.74, 6) is 0. The van der Waals surface area contributed by atoms with Crippen LogP contribution in [0.3, 0.4) is 0 Å². The molecule has 16 heavy (non-hydrogen) atoms. The maximum Gasteiger partial charge on any atom is 0.113 e. The molecule has 96 valence electrons. The van der Waals surface area contributed by atoms with Gasteiger partial charge in [-0.2, -0.15) is 0 Å². The van der Waals surface area contributed by atoms with E-state index in [0.29, 0.717) is 0 Å². The van der Waals surface area contributed by atoms with Crippen molar-refractivity contribution in [1.29, 1.82) is 0 Å². The van der Waals surface area contributed by atoms with Crippen LogP contribution in [-0.4, -0.2) is 10.8 Å². The van der Waals surface area contributed by atoms with Crippen molar-refractivity contribution in [3.8, 4) is 0 Å². The van der Waals surface area contributed by atoms with Crippen molar-refractivity contribution < 1.29 is 5.11 Å². The quantitative estimate of drug-likeness (QED) is 0.620. The lowest BCUT2D eigenvalue weighted by Gasteiger charge is -2.23. The van der Waals surface area contributed by atoms with Gasteiger partial charge in [-0.25, -0.2) is 0 Å². The molecule has 0 bridgehead atoms. The summed E-state index contributed by atoms with van der Waals surface area (Å²) in [5, 5.41) is 9.96. The molecule has 0 heterocycles. The minimum atomic E-state index is -0.885. The minimum Gasteiger partial charge on any atom is -0.376 e. The molecule has 1 rings (SSSR count). The van der Waals surface area contributed by atoms with Crippen molar-refractivity contribution in [1.82, 2.24) is 0 Å². The fraction of sp³-hybridized carbons (Fsp3) is 1.00. The highest BCUT2D eigenvalue weighted by Crippen LogP contribution is 2.20. The molecule has 1 saturated carbocycles. The molecule has 0 aromatic rings. The first kappa shape index (κ1) is 14.0. The largest absolute Gasteiger partial charge is 0.376 e. The lowest BCUT2D eigenvalue weighted by atomic mass is 9.96. The molecule has 0 radical (unpaired) electrons. The molecule has 1 fully saturated rings. The first-order valence-electron chi connectivity index (χ1n) is 7.22. The third kappa shape index (κ3) is 7.24. The van der Waals surface area contributed by atoms with E-state index < -0.39 is 5.72 Å². The summed E-state index contributed by atoms with van der Waals surface area (Å²) in [7, 11) is 0. The molecule has 0 saturated heterocycles. The minimum absolute atomic E-state index is 0.785. The van der Waals surface area contributed by atoms with Gasteiger partial charge in [-0.3, -0.25) is 0 Å². The molecular formula is C14H29NO. The van der Waals surface area contributed by atoms with Gasteiger partial charge in [0.1, 0.15) is 5.72 Å². The van der Waals surface area contributed by atoms with Crippen molar-refractivity contribution in [3.63, 3.8) is 0 Å². The second kappa shape index (κ2) is 8.08. The average molecular weight is 227 g/mol. The highest BCUT2D eigenvalue weighted by Gasteiger charge is 2.19. The van der Waals surface area contributed by atoms with Gasteiger partial charge < -0.3 is 10.8 Å². The Balaban J connectivity index is 2.22. The fourth-order valence-electron chi connectivity index (χ4n) is 2.58. The molecule has 3 N–H and O–H groups in total. The third-order valence-corrected chi connectivity index (χ3v) is 3.72. The molecule has 1 aliphatic rings. The molecule has 1 aliphatic carbocycles. The third-order valence-electron chi connectivity index (χ3n) is 3.72. The number of hydrogen-bond donors (Lipinski definition) is 2. The summed E-state index contributed by atoms with van der Waals surface area (Å²) < 4.78 is 0. The number of aliphatic hydroxyl groups is 1. The zero-order chi connectivity index (χ0) is 11.7. The maximum atomic E-state index is 9.96. The van der Waals surface area contributed by atoms with E-state index in [1.165, 1.54) is 57.8 Å². The van der Waals surface area contributed by atoms with Crippen LogP contribution >= 0.6 is 0 Å². The molecule has 0 spiro atoms. The van der Waals surface area contributed by atoms with Crippen LogP contribution in [-0.2, 0) is 0 Å². The molecular weight excluding hydrogens is 198 g/mol. The smallest absolute Gasteiger partial charge is 0.113 e. The Morgan fingerprint density at radius 3 is 1.12 bits per heavy atom. The van der Waals surface area contributed by atoms with Gasteiger partial charge in [-0.15, -0.1) is 0 Å². The Hall–Kier alpha value is -0.0800. The predicted molar refractivity (Wildman–Crippen MR) is 69.2 cm³/mol. The van der Waals surface area contributed by atoms with Crippen molar-refractivity contribution in [2.24, 2.45) is 5.73 Å². The first-order valence-corrected chi connectivity index (χ1v) is 7.22. The van der Waals surface area contributed by atoms with Crippen LogP contribution < -0.4 is 5.73 Å². The Morgan fingerprint density at radius 1 is 0.562 bits per heavy atom. The van der Waals surface area contributed by atoms with E-state index >= 15 is 0 Å². The van der Waals surface area contributed by atoms with Crippen LogP contribution in [0.2, 0.25) is 0 Å². The van der Waals surface area contributed by atoms with Crippen LogP contribution in [0.25, 0.3) is 0 Å². The molecule has 0 unspecified atom stereocenters. The van der Waals surface area contributed by atoms with Gasteiger partial charge in [0.25, 0.3) is 0 Å². The van der Waals surface area contributed by atoms with Crippen LogP contribution in [0.15, 0.2) is 0 Å². The predicted octanol–water partition coefficient (Wildman–Crippen LogP) is 3.72. The standard InChI is InChI=1S/C14H29NO/c15-14(16)12-10-8-6-4-2-1-3-5-7-9-11-13-14/h16H,1-13,15H2. The van der Waals surface area contributed by atoms with E-state index in [1.807, 2.05) is 0 Å². The lowest BCUT2D eigenvalue weighted by Crippen LogP contribution is -2.39. The molecule has 0 aromatic heterocycles. The highest BCUT2D eigenvalue weighted by atomic mass is 16.3. The topological polar surface area (TPSA) is 46.2 Å². The molecule has 0 aliphatic heterocycles. The highest BCUT2D eigenvalue weighted by molar-refractivity contribution is 4.70. The molecule has 0 amide bonds. The van der Waals surface area contributed by atoms with Gasteiger partial charge in [-0.05, 0) is 25.7 Å². The fourth-order valence-corrected chi connectivity index (χ4v) is 2.58. The van der Waals surface area contributed by atoms with Crippen molar-refractivity contribution >= 4 is 0 Å². The van der Waals surface area contributed by atoms with Crippen LogP contribution in [0.5, 0.6) is 0 Å². The van der Waals surface area contributed by atoms with E-state index in [-0.39, 0.29) is 0 Å². The van der Waals surface area contributed by atoms with E-state index in [1.54, 1.807) is 0 Å². The van der Waals surface area contributed by atoms with E-state index in [9.17, 15) is 5.11 Å². The molecule has 0 aromatic carbocycles. The summed E-state index contributed by atoms with van der Waals surface area (Å²) >= 11 is 0. The maximum absolute atomic E-state index is 9.96. The monoisotopic (exact) mass is 227 g/mol. The summed E-state index contributed by atoms with van der Waals surface area (Å²) in [6.45, 7) is 0. The Kier molecular flexibility index (Phi) is 7.06. The average Bonchev–Trinajstić information content (AvgIpc) is 2.24. The van der Waals surface area contributed by atoms with Crippen molar-refractivity contribution in [3.05, 3.63) is 0 Å². The first-order chi connectivity index (χ1) is 7.71. The second-order valence-electron chi connectivity index (χ2n) is 5.49. The number of rotatable bonds is 0. The molecule has 2 heteroatoms. The number of nitrogens with two attached hydrogens (primary N) is 1. The van der Waals surface area contributed by atoms with Gasteiger partial charge in [0, 0.05) is 0 Å². The SMILES string of the molecule is NC1(O)CCCCCCCCCCCCC1. The Labute approximate surface area is 101 Å². The summed E-state index contributed by atoms with van der Waals surface area (Å²) in [6.07, 6.45) is 15.8. The molecule has 0 atom stereocenters. The number of hydrogen-bond acceptors (Lipinski definition) is 2. The Morgan fingerprint density at radius 2 is 0.812 bits per heavy atom. The normalized spacial score (nSPS) is 25.9. The summed E-state index contributed by atoms with van der Waals surface area (Å²) in [4.78, 5) is 0. The van der Waals surface area contributed by atoms with E-state index in [4.69, 9.17) is 5.73 Å². The summed E-state index contributed by atoms with van der Waals surface area (Å²) in [5.41, 5.74) is 5.00. The zero-order valence-corrected chi connectivity index (χ0v) is 10.7. The van der Waals surface area contributed by atoms with Crippen LogP contribution in [0.4, 0.5) is 0 Å². The Bertz CT molecular complexity index is 152. The van der Waals surface area contributed by atoms with Gasteiger partial charge in [0.2, 0.25) is 0 Å². The molecule has 2 nitrogen and oxygen atoms in total. The van der Waals surface area contributed by atoms with Crippen molar-refractivity contribution in [2.75, 3.05) is 0 Å². The van der Waals surface area contributed by atoms with Gasteiger partial charge >= 0.3 is 0 Å². The van der Waals surface area contributed by atoms with E-state index in [2.05, 4.69) is 0 Å². The van der Waals surface area contributed by atoms with Gasteiger partial charge in [-0.1, -0.05) is 57.8 Å². The van der Waals surface area contributed by atoms with Crippen LogP contribution in [0.1, 0.15) is 83.5 Å². The van der Waals surface area contributed by atoms with Gasteiger partial charge in [0.05, 0.1) is 0 Å². The summed E-state index contributed by atoms with van der Waals surface area (Å²) in [6, 6.07) is 0. The zero-order valence-electron chi connectivity index (χ0n) is 10.7. The van der Waals surface area contributed by atoms with E-state index in [0.717, 1.165) is 25.7 Å². The van der Waals surface area contributed by atoms with Crippen LogP contribution in [0, 0.1) is 0 Å². The second-order valence-corrected chi connectivity index (χ2v) is 5.49. The van der Waals surface area contributed by atoms with Gasteiger partial charge in [0.15, 0.2) is 0 Å².